The molecule has 9 nitrogen and oxygen atoms in total. The molecule has 0 fully saturated rings. The highest BCUT2D eigenvalue weighted by molar-refractivity contribution is 8.00. The van der Waals surface area contributed by atoms with Crippen molar-refractivity contribution in [1.29, 1.82) is 0 Å². The number of carboxylic acids is 2. The largest absolute Gasteiger partial charge is 0.497 e. The van der Waals surface area contributed by atoms with Crippen LogP contribution in [0.15, 0.2) is 71.6 Å². The van der Waals surface area contributed by atoms with E-state index in [4.69, 9.17) is 9.84 Å². The van der Waals surface area contributed by atoms with Gasteiger partial charge in [0, 0.05) is 22.3 Å². The fraction of sp³-hybridized carbons (Fsp3) is 0.154. The molecular formula is C26H24N2O7S. The summed E-state index contributed by atoms with van der Waals surface area (Å²) in [4.78, 5) is 49.0. The van der Waals surface area contributed by atoms with Crippen molar-refractivity contribution in [2.75, 3.05) is 17.7 Å². The average molecular weight is 509 g/mol. The standard InChI is InChI=1S/C26H24N2O7S/c1-3-22(24(30)28-16-6-4-8-18(13-16)35-2)36-19-9-5-7-17(14-19)27-23(29)20-11-10-15(25(31)32)12-21(20)26(33)34/h4-14,22H,3H2,1-2H3,(H,27,29)(H,28,30)(H,31,32)(H,33,34). The first-order chi connectivity index (χ1) is 17.2. The lowest BCUT2D eigenvalue weighted by Crippen LogP contribution is -2.24. The Morgan fingerprint density at radius 3 is 2.19 bits per heavy atom. The molecule has 4 N–H and O–H groups in total. The van der Waals surface area contributed by atoms with Crippen molar-refractivity contribution < 1.29 is 34.1 Å². The molecule has 186 valence electrons. The molecular weight excluding hydrogens is 484 g/mol. The van der Waals surface area contributed by atoms with Gasteiger partial charge in [0.15, 0.2) is 0 Å². The number of hydrogen-bond acceptors (Lipinski definition) is 6. The van der Waals surface area contributed by atoms with Gasteiger partial charge in [-0.2, -0.15) is 0 Å². The van der Waals surface area contributed by atoms with Gasteiger partial charge in [-0.25, -0.2) is 9.59 Å². The number of carbonyl (C=O) groups is 4. The molecule has 0 saturated carbocycles. The van der Waals surface area contributed by atoms with Crippen LogP contribution in [-0.2, 0) is 4.79 Å². The zero-order valence-corrected chi connectivity index (χ0v) is 20.3. The Morgan fingerprint density at radius 2 is 1.56 bits per heavy atom. The fourth-order valence-corrected chi connectivity index (χ4v) is 4.32. The molecule has 0 radical (unpaired) electrons. The fourth-order valence-electron chi connectivity index (χ4n) is 3.31. The summed E-state index contributed by atoms with van der Waals surface area (Å²) in [6.07, 6.45) is 0.551. The molecule has 0 aliphatic heterocycles. The lowest BCUT2D eigenvalue weighted by Gasteiger charge is -2.16. The highest BCUT2D eigenvalue weighted by atomic mass is 32.2. The Morgan fingerprint density at radius 1 is 0.861 bits per heavy atom. The summed E-state index contributed by atoms with van der Waals surface area (Å²) in [5, 5.41) is 23.6. The quantitative estimate of drug-likeness (QED) is 0.285. The SMILES string of the molecule is CCC(Sc1cccc(NC(=O)c2ccc(C(=O)O)cc2C(=O)O)c1)C(=O)Nc1cccc(OC)c1. The number of ether oxygens (including phenoxy) is 1. The molecule has 2 amide bonds. The number of aromatic carboxylic acids is 2. The third kappa shape index (κ3) is 6.63. The van der Waals surface area contributed by atoms with E-state index in [1.807, 2.05) is 6.92 Å². The monoisotopic (exact) mass is 508 g/mol. The summed E-state index contributed by atoms with van der Waals surface area (Å²) in [6, 6.07) is 17.1. The van der Waals surface area contributed by atoms with Crippen LogP contribution in [0.5, 0.6) is 5.75 Å². The van der Waals surface area contributed by atoms with Crippen LogP contribution >= 0.6 is 11.8 Å². The number of benzene rings is 3. The first-order valence-electron chi connectivity index (χ1n) is 10.9. The van der Waals surface area contributed by atoms with Crippen molar-refractivity contribution in [3.05, 3.63) is 83.4 Å². The van der Waals surface area contributed by atoms with Crippen molar-refractivity contribution in [3.63, 3.8) is 0 Å². The summed E-state index contributed by atoms with van der Waals surface area (Å²) >= 11 is 1.32. The number of amides is 2. The third-order valence-electron chi connectivity index (χ3n) is 5.11. The number of rotatable bonds is 10. The van der Waals surface area contributed by atoms with Gasteiger partial charge >= 0.3 is 11.9 Å². The Balaban J connectivity index is 1.73. The molecule has 3 aromatic carbocycles. The van der Waals surface area contributed by atoms with E-state index >= 15 is 0 Å². The molecule has 0 saturated heterocycles. The van der Waals surface area contributed by atoms with Crippen molar-refractivity contribution in [2.45, 2.75) is 23.5 Å². The summed E-state index contributed by atoms with van der Waals surface area (Å²) in [5.41, 5.74) is 0.183. The number of carboxylic acid groups (broad SMARTS) is 2. The molecule has 1 atom stereocenters. The minimum absolute atomic E-state index is 0.172. The first-order valence-corrected chi connectivity index (χ1v) is 11.7. The number of methoxy groups -OCH3 is 1. The van der Waals surface area contributed by atoms with Gasteiger partial charge in [-0.15, -0.1) is 11.8 Å². The molecule has 10 heteroatoms. The molecule has 0 aromatic heterocycles. The van der Waals surface area contributed by atoms with E-state index in [1.54, 1.807) is 55.6 Å². The maximum Gasteiger partial charge on any atom is 0.336 e. The van der Waals surface area contributed by atoms with E-state index in [1.165, 1.54) is 17.8 Å². The smallest absolute Gasteiger partial charge is 0.336 e. The molecule has 0 aliphatic carbocycles. The lowest BCUT2D eigenvalue weighted by atomic mass is 10.0. The van der Waals surface area contributed by atoms with Crippen molar-refractivity contribution >= 4 is 46.9 Å². The zero-order chi connectivity index (χ0) is 26.2. The first kappa shape index (κ1) is 26.3. The Kier molecular flexibility index (Phi) is 8.69. The molecule has 3 rings (SSSR count). The van der Waals surface area contributed by atoms with E-state index in [0.29, 0.717) is 23.5 Å². The summed E-state index contributed by atoms with van der Waals surface area (Å²) in [6.45, 7) is 1.89. The lowest BCUT2D eigenvalue weighted by molar-refractivity contribution is -0.115. The van der Waals surface area contributed by atoms with E-state index < -0.39 is 28.7 Å². The zero-order valence-electron chi connectivity index (χ0n) is 19.5. The average Bonchev–Trinajstić information content (AvgIpc) is 2.87. The predicted octanol–water partition coefficient (Wildman–Crippen LogP) is 4.85. The second-order valence-electron chi connectivity index (χ2n) is 7.59. The van der Waals surface area contributed by atoms with Crippen LogP contribution in [0, 0.1) is 0 Å². The van der Waals surface area contributed by atoms with Crippen LogP contribution in [0.25, 0.3) is 0 Å². The molecule has 3 aromatic rings. The van der Waals surface area contributed by atoms with Crippen LogP contribution in [0.2, 0.25) is 0 Å². The number of hydrogen-bond donors (Lipinski definition) is 4. The van der Waals surface area contributed by atoms with Gasteiger partial charge in [-0.1, -0.05) is 19.1 Å². The van der Waals surface area contributed by atoms with Crippen molar-refractivity contribution in [2.24, 2.45) is 0 Å². The van der Waals surface area contributed by atoms with Gasteiger partial charge in [0.2, 0.25) is 5.91 Å². The van der Waals surface area contributed by atoms with Gasteiger partial charge in [-0.05, 0) is 55.0 Å². The number of thioether (sulfide) groups is 1. The number of nitrogens with one attached hydrogen (secondary N) is 2. The van der Waals surface area contributed by atoms with Gasteiger partial charge < -0.3 is 25.6 Å². The minimum atomic E-state index is -1.42. The normalized spacial score (nSPS) is 11.3. The summed E-state index contributed by atoms with van der Waals surface area (Å²) in [7, 11) is 1.55. The highest BCUT2D eigenvalue weighted by Gasteiger charge is 2.21. The number of anilines is 2. The second kappa shape index (κ2) is 11.9. The number of carbonyl (C=O) groups excluding carboxylic acids is 2. The van der Waals surface area contributed by atoms with E-state index in [0.717, 1.165) is 17.0 Å². The molecule has 0 bridgehead atoms. The minimum Gasteiger partial charge on any atom is -0.497 e. The van der Waals surface area contributed by atoms with Gasteiger partial charge in [-0.3, -0.25) is 9.59 Å². The van der Waals surface area contributed by atoms with Crippen LogP contribution in [0.1, 0.15) is 44.4 Å². The van der Waals surface area contributed by atoms with Crippen molar-refractivity contribution in [1.82, 2.24) is 0 Å². The highest BCUT2D eigenvalue weighted by Crippen LogP contribution is 2.29. The van der Waals surface area contributed by atoms with Crippen LogP contribution in [0.4, 0.5) is 11.4 Å². The maximum atomic E-state index is 12.8. The van der Waals surface area contributed by atoms with E-state index in [-0.39, 0.29) is 17.0 Å². The Labute approximate surface area is 211 Å². The van der Waals surface area contributed by atoms with E-state index in [9.17, 15) is 24.3 Å². The molecule has 0 heterocycles. The van der Waals surface area contributed by atoms with Crippen LogP contribution in [-0.4, -0.2) is 46.3 Å². The summed E-state index contributed by atoms with van der Waals surface area (Å²) in [5.74, 6) is -2.97. The second-order valence-corrected chi connectivity index (χ2v) is 8.86. The molecule has 36 heavy (non-hydrogen) atoms. The predicted molar refractivity (Wildman–Crippen MR) is 136 cm³/mol. The summed E-state index contributed by atoms with van der Waals surface area (Å²) < 4.78 is 5.18. The Hall–Kier alpha value is -4.31. The molecule has 0 spiro atoms. The van der Waals surface area contributed by atoms with Gasteiger partial charge in [0.05, 0.1) is 29.1 Å². The van der Waals surface area contributed by atoms with Crippen LogP contribution < -0.4 is 15.4 Å². The van der Waals surface area contributed by atoms with Crippen LogP contribution in [0.3, 0.4) is 0 Å². The third-order valence-corrected chi connectivity index (χ3v) is 6.47. The Bertz CT molecular complexity index is 1310. The van der Waals surface area contributed by atoms with Crippen molar-refractivity contribution in [3.8, 4) is 5.75 Å². The van der Waals surface area contributed by atoms with Gasteiger partial charge in [0.25, 0.3) is 5.91 Å². The topological polar surface area (TPSA) is 142 Å². The maximum absolute atomic E-state index is 12.8. The van der Waals surface area contributed by atoms with Gasteiger partial charge in [0.1, 0.15) is 5.75 Å². The molecule has 1 unspecified atom stereocenters. The molecule has 0 aliphatic rings. The van der Waals surface area contributed by atoms with E-state index in [2.05, 4.69) is 10.6 Å².